The molecule has 2 N–H and O–H groups in total. The van der Waals surface area contributed by atoms with Crippen molar-refractivity contribution in [3.63, 3.8) is 0 Å². The lowest BCUT2D eigenvalue weighted by Crippen LogP contribution is -2.47. The summed E-state index contributed by atoms with van der Waals surface area (Å²) in [6.07, 6.45) is -0.0592. The molecule has 1 aromatic heterocycles. The summed E-state index contributed by atoms with van der Waals surface area (Å²) in [7, 11) is 1.73. The Morgan fingerprint density at radius 1 is 1.18 bits per heavy atom. The summed E-state index contributed by atoms with van der Waals surface area (Å²) in [5.41, 5.74) is -1.04. The van der Waals surface area contributed by atoms with Crippen LogP contribution in [0.15, 0.2) is 42.7 Å². The van der Waals surface area contributed by atoms with Gasteiger partial charge < -0.3 is 19.9 Å². The van der Waals surface area contributed by atoms with Crippen LogP contribution < -0.4 is 10.2 Å². The Morgan fingerprint density at radius 3 is 2.50 bits per heavy atom. The first-order chi connectivity index (χ1) is 17.8. The van der Waals surface area contributed by atoms with Gasteiger partial charge in [-0.05, 0) is 73.1 Å². The number of aryl methyl sites for hydroxylation is 1. The fourth-order valence-corrected chi connectivity index (χ4v) is 5.49. The van der Waals surface area contributed by atoms with Crippen molar-refractivity contribution in [3.05, 3.63) is 76.4 Å². The number of alkyl halides is 3. The highest BCUT2D eigenvalue weighted by molar-refractivity contribution is 6.10. The van der Waals surface area contributed by atoms with E-state index in [0.29, 0.717) is 22.6 Å². The van der Waals surface area contributed by atoms with E-state index in [4.69, 9.17) is 0 Å². The lowest BCUT2D eigenvalue weighted by atomic mass is 9.78. The Bertz CT molecular complexity index is 1380. The summed E-state index contributed by atoms with van der Waals surface area (Å²) < 4.78 is 44.0. The zero-order valence-corrected chi connectivity index (χ0v) is 21.9. The van der Waals surface area contributed by atoms with E-state index in [9.17, 15) is 23.1 Å². The number of hydrogen-bond donors (Lipinski definition) is 2. The van der Waals surface area contributed by atoms with E-state index in [1.54, 1.807) is 41.9 Å². The maximum Gasteiger partial charge on any atom is 0.416 e. The van der Waals surface area contributed by atoms with Crippen LogP contribution in [0.4, 0.5) is 18.9 Å². The lowest BCUT2D eigenvalue weighted by molar-refractivity contribution is -0.138. The number of halogens is 3. The van der Waals surface area contributed by atoms with Crippen LogP contribution in [-0.2, 0) is 31.9 Å². The molecule has 1 atom stereocenters. The molecule has 0 unspecified atom stereocenters. The van der Waals surface area contributed by atoms with Crippen molar-refractivity contribution in [2.24, 2.45) is 13.0 Å². The SMILES string of the molecule is CC(C)[C@](O)(c1cccc(N2Cc3c(cc(CNC4(C)CCC4)cc3C(F)(F)F)C2=O)c1)c1nncn1C. The minimum absolute atomic E-state index is 0.0288. The molecule has 0 saturated heterocycles. The number of benzene rings is 2. The van der Waals surface area contributed by atoms with E-state index >= 15 is 0 Å². The molecule has 5 rings (SSSR count). The molecule has 0 radical (unpaired) electrons. The quantitative estimate of drug-likeness (QED) is 0.456. The Morgan fingerprint density at radius 2 is 1.92 bits per heavy atom. The van der Waals surface area contributed by atoms with Crippen LogP contribution in [0.2, 0.25) is 0 Å². The third-order valence-corrected chi connectivity index (χ3v) is 8.07. The van der Waals surface area contributed by atoms with E-state index in [2.05, 4.69) is 22.4 Å². The van der Waals surface area contributed by atoms with Crippen LogP contribution in [0.25, 0.3) is 0 Å². The Balaban J connectivity index is 1.51. The Labute approximate surface area is 219 Å². The van der Waals surface area contributed by atoms with Gasteiger partial charge in [-0.25, -0.2) is 0 Å². The summed E-state index contributed by atoms with van der Waals surface area (Å²) in [4.78, 5) is 14.9. The van der Waals surface area contributed by atoms with Crippen LogP contribution in [0.5, 0.6) is 0 Å². The molecule has 7 nitrogen and oxygen atoms in total. The van der Waals surface area contributed by atoms with E-state index in [0.717, 1.165) is 25.3 Å². The molecule has 3 aromatic rings. The van der Waals surface area contributed by atoms with Gasteiger partial charge in [-0.15, -0.1) is 10.2 Å². The normalized spacial score (nSPS) is 18.4. The van der Waals surface area contributed by atoms with Crippen molar-refractivity contribution in [2.75, 3.05) is 4.90 Å². The molecule has 1 aliphatic carbocycles. The van der Waals surface area contributed by atoms with Crippen molar-refractivity contribution in [3.8, 4) is 0 Å². The zero-order valence-electron chi connectivity index (χ0n) is 21.9. The third kappa shape index (κ3) is 4.39. The van der Waals surface area contributed by atoms with Crippen molar-refractivity contribution in [1.82, 2.24) is 20.1 Å². The number of nitrogens with one attached hydrogen (secondary N) is 1. The second kappa shape index (κ2) is 9.20. The molecule has 38 heavy (non-hydrogen) atoms. The number of hydrogen-bond acceptors (Lipinski definition) is 5. The molecule has 1 fully saturated rings. The molecular formula is C28H32F3N5O2. The summed E-state index contributed by atoms with van der Waals surface area (Å²) in [6, 6.07) is 9.45. The summed E-state index contributed by atoms with van der Waals surface area (Å²) in [6.45, 7) is 5.80. The van der Waals surface area contributed by atoms with Crippen molar-refractivity contribution >= 4 is 11.6 Å². The minimum Gasteiger partial charge on any atom is -0.377 e. The first-order valence-electron chi connectivity index (χ1n) is 12.8. The fraction of sp³-hybridized carbons (Fsp3) is 0.464. The van der Waals surface area contributed by atoms with Gasteiger partial charge in [-0.1, -0.05) is 26.0 Å². The predicted octanol–water partition coefficient (Wildman–Crippen LogP) is 4.92. The van der Waals surface area contributed by atoms with Crippen LogP contribution in [0, 0.1) is 5.92 Å². The number of amides is 1. The van der Waals surface area contributed by atoms with Crippen LogP contribution in [0.3, 0.4) is 0 Å². The standard InChI is InChI=1S/C28H32F3N5O2/c1-17(2)27(38,25-34-33-16-35(25)4)19-7-5-8-20(13-19)36-15-22-21(24(36)37)11-18(12-23(22)28(29,30)31)14-32-26(3)9-6-10-26/h5,7-8,11-13,16-17,32,38H,6,9-10,14-15H2,1-4H3/t27-/m0/s1. The minimum atomic E-state index is -4.60. The summed E-state index contributed by atoms with van der Waals surface area (Å²) in [5, 5.41) is 23.1. The number of nitrogens with zero attached hydrogens (tertiary/aromatic N) is 4. The number of aliphatic hydroxyl groups is 1. The number of carbonyl (C=O) groups excluding carboxylic acids is 1. The highest BCUT2D eigenvalue weighted by Gasteiger charge is 2.43. The molecule has 202 valence electrons. The van der Waals surface area contributed by atoms with Gasteiger partial charge in [0.1, 0.15) is 6.33 Å². The van der Waals surface area contributed by atoms with Gasteiger partial charge in [0.15, 0.2) is 11.4 Å². The van der Waals surface area contributed by atoms with Gasteiger partial charge in [0.25, 0.3) is 5.91 Å². The molecule has 2 aromatic carbocycles. The Kier molecular flexibility index (Phi) is 6.38. The number of fused-ring (bicyclic) bond motifs is 1. The van der Waals surface area contributed by atoms with Crippen LogP contribution >= 0.6 is 0 Å². The van der Waals surface area contributed by atoms with Crippen molar-refractivity contribution in [2.45, 2.75) is 70.4 Å². The second-order valence-corrected chi connectivity index (χ2v) is 11.1. The maximum absolute atomic E-state index is 14.1. The van der Waals surface area contributed by atoms with E-state index in [1.165, 1.54) is 11.2 Å². The number of anilines is 1. The van der Waals surface area contributed by atoms with Crippen molar-refractivity contribution in [1.29, 1.82) is 0 Å². The average molecular weight is 528 g/mol. The highest BCUT2D eigenvalue weighted by atomic mass is 19.4. The predicted molar refractivity (Wildman–Crippen MR) is 136 cm³/mol. The molecule has 1 aliphatic heterocycles. The third-order valence-electron chi connectivity index (χ3n) is 8.07. The maximum atomic E-state index is 14.1. The molecule has 1 amide bonds. The topological polar surface area (TPSA) is 83.3 Å². The second-order valence-electron chi connectivity index (χ2n) is 11.1. The highest BCUT2D eigenvalue weighted by Crippen LogP contribution is 2.42. The molecule has 2 heterocycles. The molecular weight excluding hydrogens is 495 g/mol. The summed E-state index contributed by atoms with van der Waals surface area (Å²) in [5.74, 6) is -0.472. The summed E-state index contributed by atoms with van der Waals surface area (Å²) >= 11 is 0. The largest absolute Gasteiger partial charge is 0.416 e. The lowest BCUT2D eigenvalue weighted by Gasteiger charge is -2.39. The smallest absolute Gasteiger partial charge is 0.377 e. The van der Waals surface area contributed by atoms with Gasteiger partial charge in [0, 0.05) is 30.4 Å². The molecule has 0 spiro atoms. The van der Waals surface area contributed by atoms with Gasteiger partial charge in [0.2, 0.25) is 0 Å². The number of aromatic nitrogens is 3. The number of rotatable bonds is 7. The Hall–Kier alpha value is -3.24. The monoisotopic (exact) mass is 527 g/mol. The van der Waals surface area contributed by atoms with Gasteiger partial charge >= 0.3 is 6.18 Å². The molecule has 0 bridgehead atoms. The van der Waals surface area contributed by atoms with Crippen LogP contribution in [-0.4, -0.2) is 31.3 Å². The molecule has 1 saturated carbocycles. The number of carbonyl (C=O) groups is 1. The van der Waals surface area contributed by atoms with E-state index < -0.39 is 23.2 Å². The first-order valence-corrected chi connectivity index (χ1v) is 12.8. The van der Waals surface area contributed by atoms with Gasteiger partial charge in [0.05, 0.1) is 12.1 Å². The first kappa shape index (κ1) is 26.4. The fourth-order valence-electron chi connectivity index (χ4n) is 5.49. The van der Waals surface area contributed by atoms with Crippen LogP contribution in [0.1, 0.15) is 78.5 Å². The van der Waals surface area contributed by atoms with E-state index in [1.807, 2.05) is 13.8 Å². The van der Waals surface area contributed by atoms with Gasteiger partial charge in [-0.3, -0.25) is 4.79 Å². The van der Waals surface area contributed by atoms with Crippen molar-refractivity contribution < 1.29 is 23.1 Å². The van der Waals surface area contributed by atoms with E-state index in [-0.39, 0.29) is 35.7 Å². The molecule has 2 aliphatic rings. The zero-order chi connectivity index (χ0) is 27.5. The van der Waals surface area contributed by atoms with Gasteiger partial charge in [-0.2, -0.15) is 13.2 Å². The average Bonchev–Trinajstić information content (AvgIpc) is 3.43. The molecule has 10 heteroatoms.